The zero-order valence-electron chi connectivity index (χ0n) is 11.7. The number of carboxylic acids is 1. The standard InChI is InChI=1S/C15H15NO4S/c1-10-5-3-6-12(16-10)9-21(19,20)14-8-4-7-13(11(14)2)15(17)18/h3-8H,9H2,1-2H3,(H,17,18). The van der Waals surface area contributed by atoms with Crippen LogP contribution in [0.2, 0.25) is 0 Å². The summed E-state index contributed by atoms with van der Waals surface area (Å²) in [7, 11) is -3.64. The smallest absolute Gasteiger partial charge is 0.335 e. The fourth-order valence-electron chi connectivity index (χ4n) is 2.14. The van der Waals surface area contributed by atoms with E-state index in [1.807, 2.05) is 0 Å². The first-order chi connectivity index (χ1) is 9.81. The van der Waals surface area contributed by atoms with Gasteiger partial charge in [0.25, 0.3) is 0 Å². The highest BCUT2D eigenvalue weighted by atomic mass is 32.2. The number of sulfone groups is 1. The molecule has 0 unspecified atom stereocenters. The largest absolute Gasteiger partial charge is 0.478 e. The second-order valence-corrected chi connectivity index (χ2v) is 6.72. The van der Waals surface area contributed by atoms with Crippen molar-refractivity contribution in [3.63, 3.8) is 0 Å². The molecule has 2 aromatic rings. The van der Waals surface area contributed by atoms with E-state index in [0.717, 1.165) is 5.69 Å². The number of rotatable bonds is 4. The van der Waals surface area contributed by atoms with Gasteiger partial charge in [-0.1, -0.05) is 12.1 Å². The monoisotopic (exact) mass is 305 g/mol. The number of carboxylic acid groups (broad SMARTS) is 1. The molecular formula is C15H15NO4S. The summed E-state index contributed by atoms with van der Waals surface area (Å²) in [6, 6.07) is 9.42. The van der Waals surface area contributed by atoms with Crippen molar-refractivity contribution in [1.82, 2.24) is 4.98 Å². The van der Waals surface area contributed by atoms with Gasteiger partial charge in [0, 0.05) is 5.69 Å². The van der Waals surface area contributed by atoms with E-state index >= 15 is 0 Å². The fourth-order valence-corrected chi connectivity index (χ4v) is 3.70. The minimum Gasteiger partial charge on any atom is -0.478 e. The first-order valence-electron chi connectivity index (χ1n) is 6.29. The Morgan fingerprint density at radius 1 is 1.14 bits per heavy atom. The van der Waals surface area contributed by atoms with Crippen LogP contribution < -0.4 is 0 Å². The van der Waals surface area contributed by atoms with Crippen molar-refractivity contribution in [1.29, 1.82) is 0 Å². The number of aromatic nitrogens is 1. The summed E-state index contributed by atoms with van der Waals surface area (Å²) >= 11 is 0. The molecule has 0 saturated heterocycles. The fraction of sp³-hybridized carbons (Fsp3) is 0.200. The number of pyridine rings is 1. The Kier molecular flexibility index (Phi) is 4.09. The molecule has 110 valence electrons. The molecule has 1 heterocycles. The minimum absolute atomic E-state index is 0.00623. The Balaban J connectivity index is 2.45. The molecule has 0 spiro atoms. The highest BCUT2D eigenvalue weighted by Gasteiger charge is 2.21. The number of hydrogen-bond donors (Lipinski definition) is 1. The van der Waals surface area contributed by atoms with Crippen LogP contribution in [0.25, 0.3) is 0 Å². The molecule has 0 aliphatic carbocycles. The number of hydrogen-bond acceptors (Lipinski definition) is 4. The van der Waals surface area contributed by atoms with Gasteiger partial charge >= 0.3 is 5.97 Å². The van der Waals surface area contributed by atoms with Crippen molar-refractivity contribution in [3.8, 4) is 0 Å². The summed E-state index contributed by atoms with van der Waals surface area (Å²) in [6.45, 7) is 3.28. The molecule has 6 heteroatoms. The van der Waals surface area contributed by atoms with E-state index in [9.17, 15) is 13.2 Å². The average Bonchev–Trinajstić information content (AvgIpc) is 2.37. The SMILES string of the molecule is Cc1cccc(CS(=O)(=O)c2cccc(C(=O)O)c2C)n1. The summed E-state index contributed by atoms with van der Waals surface area (Å²) in [5.41, 5.74) is 1.42. The topological polar surface area (TPSA) is 84.3 Å². The van der Waals surface area contributed by atoms with Crippen LogP contribution in [-0.4, -0.2) is 24.5 Å². The van der Waals surface area contributed by atoms with Crippen molar-refractivity contribution in [2.45, 2.75) is 24.5 Å². The molecule has 0 radical (unpaired) electrons. The van der Waals surface area contributed by atoms with Crippen LogP contribution in [-0.2, 0) is 15.6 Å². The van der Waals surface area contributed by atoms with Gasteiger partial charge in [-0.25, -0.2) is 13.2 Å². The van der Waals surface area contributed by atoms with Crippen molar-refractivity contribution in [2.75, 3.05) is 0 Å². The second kappa shape index (κ2) is 5.65. The number of benzene rings is 1. The Bertz CT molecular complexity index is 797. The Hall–Kier alpha value is -2.21. The molecule has 1 aromatic carbocycles. The Morgan fingerprint density at radius 2 is 1.81 bits per heavy atom. The maximum atomic E-state index is 12.5. The molecule has 0 amide bonds. The van der Waals surface area contributed by atoms with Crippen molar-refractivity contribution >= 4 is 15.8 Å². The van der Waals surface area contributed by atoms with Crippen LogP contribution in [0, 0.1) is 13.8 Å². The average molecular weight is 305 g/mol. The van der Waals surface area contributed by atoms with E-state index in [1.165, 1.54) is 25.1 Å². The third-order valence-electron chi connectivity index (χ3n) is 3.13. The van der Waals surface area contributed by atoms with Crippen LogP contribution in [0.1, 0.15) is 27.3 Å². The third-order valence-corrected chi connectivity index (χ3v) is 4.92. The lowest BCUT2D eigenvalue weighted by molar-refractivity contribution is 0.0696. The van der Waals surface area contributed by atoms with Crippen LogP contribution >= 0.6 is 0 Å². The number of carbonyl (C=O) groups is 1. The van der Waals surface area contributed by atoms with E-state index in [4.69, 9.17) is 5.11 Å². The minimum atomic E-state index is -3.64. The number of aromatic carboxylic acids is 1. The van der Waals surface area contributed by atoms with Crippen molar-refractivity contribution in [3.05, 3.63) is 58.9 Å². The summed E-state index contributed by atoms with van der Waals surface area (Å²) in [5.74, 6) is -1.39. The van der Waals surface area contributed by atoms with Gasteiger partial charge in [-0.05, 0) is 43.7 Å². The predicted octanol–water partition coefficient (Wildman–Crippen LogP) is 2.37. The van der Waals surface area contributed by atoms with Crippen LogP contribution in [0.4, 0.5) is 0 Å². The Labute approximate surface area is 123 Å². The molecule has 0 aliphatic heterocycles. The molecule has 0 aliphatic rings. The van der Waals surface area contributed by atoms with Crippen LogP contribution in [0.15, 0.2) is 41.3 Å². The third kappa shape index (κ3) is 3.28. The van der Waals surface area contributed by atoms with E-state index in [0.29, 0.717) is 5.69 Å². The summed E-state index contributed by atoms with van der Waals surface area (Å²) in [6.07, 6.45) is 0. The molecule has 1 N–H and O–H groups in total. The van der Waals surface area contributed by atoms with Gasteiger partial charge < -0.3 is 5.11 Å². The molecular weight excluding hydrogens is 290 g/mol. The van der Waals surface area contributed by atoms with Gasteiger partial charge in [0.05, 0.1) is 21.9 Å². The normalized spacial score (nSPS) is 11.3. The summed E-state index contributed by atoms with van der Waals surface area (Å²) < 4.78 is 25.0. The van der Waals surface area contributed by atoms with Gasteiger partial charge in [-0.3, -0.25) is 4.98 Å². The molecule has 0 bridgehead atoms. The molecule has 2 rings (SSSR count). The van der Waals surface area contributed by atoms with Gasteiger partial charge in [0.15, 0.2) is 9.84 Å². The van der Waals surface area contributed by atoms with Gasteiger partial charge in [-0.15, -0.1) is 0 Å². The maximum Gasteiger partial charge on any atom is 0.335 e. The van der Waals surface area contributed by atoms with Crippen LogP contribution in [0.3, 0.4) is 0 Å². The first kappa shape index (κ1) is 15.2. The van der Waals surface area contributed by atoms with Gasteiger partial charge in [-0.2, -0.15) is 0 Å². The maximum absolute atomic E-state index is 12.5. The Morgan fingerprint density at radius 3 is 2.43 bits per heavy atom. The molecule has 1 aromatic heterocycles. The lowest BCUT2D eigenvalue weighted by Gasteiger charge is -2.10. The molecule has 21 heavy (non-hydrogen) atoms. The molecule has 0 fully saturated rings. The lowest BCUT2D eigenvalue weighted by atomic mass is 10.1. The quantitative estimate of drug-likeness (QED) is 0.937. The molecule has 0 atom stereocenters. The highest BCUT2D eigenvalue weighted by Crippen LogP contribution is 2.22. The van der Waals surface area contributed by atoms with Gasteiger partial charge in [0.1, 0.15) is 0 Å². The van der Waals surface area contributed by atoms with E-state index in [2.05, 4.69) is 4.98 Å². The first-order valence-corrected chi connectivity index (χ1v) is 7.94. The van der Waals surface area contributed by atoms with Crippen molar-refractivity contribution < 1.29 is 18.3 Å². The van der Waals surface area contributed by atoms with Crippen LogP contribution in [0.5, 0.6) is 0 Å². The zero-order valence-corrected chi connectivity index (χ0v) is 12.5. The number of nitrogens with zero attached hydrogens (tertiary/aromatic N) is 1. The van der Waals surface area contributed by atoms with E-state index in [1.54, 1.807) is 25.1 Å². The highest BCUT2D eigenvalue weighted by molar-refractivity contribution is 7.90. The zero-order chi connectivity index (χ0) is 15.6. The van der Waals surface area contributed by atoms with Crippen molar-refractivity contribution in [2.24, 2.45) is 0 Å². The molecule has 5 nitrogen and oxygen atoms in total. The molecule has 0 saturated carbocycles. The number of aryl methyl sites for hydroxylation is 1. The predicted molar refractivity (Wildman–Crippen MR) is 78.0 cm³/mol. The van der Waals surface area contributed by atoms with Gasteiger partial charge in [0.2, 0.25) is 0 Å². The lowest BCUT2D eigenvalue weighted by Crippen LogP contribution is -2.11. The van der Waals surface area contributed by atoms with E-state index in [-0.39, 0.29) is 21.8 Å². The van der Waals surface area contributed by atoms with E-state index < -0.39 is 15.8 Å². The summed E-state index contributed by atoms with van der Waals surface area (Å²) in [4.78, 5) is 15.3. The second-order valence-electron chi connectivity index (χ2n) is 4.76. The summed E-state index contributed by atoms with van der Waals surface area (Å²) in [5, 5.41) is 9.07.